The third kappa shape index (κ3) is 4.12. The van der Waals surface area contributed by atoms with Crippen LogP contribution in [0, 0.1) is 12.3 Å². The molecule has 6 heteroatoms. The second-order valence-electron chi connectivity index (χ2n) is 9.83. The summed E-state index contributed by atoms with van der Waals surface area (Å²) in [5.74, 6) is 0.225. The van der Waals surface area contributed by atoms with E-state index in [-0.39, 0.29) is 16.6 Å². The summed E-state index contributed by atoms with van der Waals surface area (Å²) in [5, 5.41) is 2.77. The number of carbonyl (C=O) groups excluding carboxylic acids is 1. The van der Waals surface area contributed by atoms with E-state index < -0.39 is 0 Å². The number of rotatable bonds is 4. The second-order valence-corrected chi connectivity index (χ2v) is 12.4. The van der Waals surface area contributed by atoms with Crippen molar-refractivity contribution in [3.8, 4) is 10.6 Å². The van der Waals surface area contributed by atoms with Gasteiger partial charge in [-0.2, -0.15) is 0 Å². The molecule has 2 aromatic heterocycles. The molecular formula is C24H27ClN2OS2. The topological polar surface area (TPSA) is 42.9 Å². The van der Waals surface area contributed by atoms with Gasteiger partial charge in [-0.25, -0.2) is 9.97 Å². The van der Waals surface area contributed by atoms with Gasteiger partial charge < -0.3 is 0 Å². The van der Waals surface area contributed by atoms with E-state index in [0.717, 1.165) is 44.1 Å². The summed E-state index contributed by atoms with van der Waals surface area (Å²) in [7, 11) is 0. The molecular weight excluding hydrogens is 432 g/mol. The van der Waals surface area contributed by atoms with Crippen LogP contribution in [0.1, 0.15) is 66.3 Å². The first kappa shape index (κ1) is 21.7. The predicted molar refractivity (Wildman–Crippen MR) is 127 cm³/mol. The van der Waals surface area contributed by atoms with Crippen LogP contribution in [0.2, 0.25) is 5.02 Å². The van der Waals surface area contributed by atoms with Gasteiger partial charge in [0.25, 0.3) is 0 Å². The molecule has 1 aromatic carbocycles. The molecule has 0 radical (unpaired) electrons. The second kappa shape index (κ2) is 7.54. The van der Waals surface area contributed by atoms with Crippen LogP contribution in [-0.4, -0.2) is 15.8 Å². The Balaban J connectivity index is 1.70. The third-order valence-electron chi connectivity index (χ3n) is 5.65. The predicted octanol–water partition coefficient (Wildman–Crippen LogP) is 6.81. The number of halogens is 1. The lowest BCUT2D eigenvalue weighted by Crippen LogP contribution is -2.24. The van der Waals surface area contributed by atoms with Crippen LogP contribution in [0.5, 0.6) is 0 Å². The van der Waals surface area contributed by atoms with E-state index >= 15 is 0 Å². The van der Waals surface area contributed by atoms with Crippen LogP contribution in [0.25, 0.3) is 10.6 Å². The van der Waals surface area contributed by atoms with E-state index in [1.807, 2.05) is 32.9 Å². The van der Waals surface area contributed by atoms with Crippen LogP contribution in [0.15, 0.2) is 18.2 Å². The number of aromatic nitrogens is 2. The molecule has 2 heterocycles. The Morgan fingerprint density at radius 1 is 1.17 bits per heavy atom. The molecule has 30 heavy (non-hydrogen) atoms. The number of thiazole rings is 2. The van der Waals surface area contributed by atoms with Crippen molar-refractivity contribution in [2.75, 3.05) is 0 Å². The number of fused-ring (bicyclic) bond motifs is 3. The van der Waals surface area contributed by atoms with E-state index in [2.05, 4.69) is 26.8 Å². The Morgan fingerprint density at radius 3 is 2.60 bits per heavy atom. The number of hydrogen-bond donors (Lipinski definition) is 0. The summed E-state index contributed by atoms with van der Waals surface area (Å²) < 4.78 is 0. The van der Waals surface area contributed by atoms with Gasteiger partial charge in [0.1, 0.15) is 10.8 Å². The van der Waals surface area contributed by atoms with Crippen molar-refractivity contribution in [3.63, 3.8) is 0 Å². The smallest absolute Gasteiger partial charge is 0.144 e. The van der Waals surface area contributed by atoms with Gasteiger partial charge in [0.2, 0.25) is 0 Å². The largest absolute Gasteiger partial charge is 0.299 e. The Morgan fingerprint density at radius 2 is 1.90 bits per heavy atom. The first-order valence-corrected chi connectivity index (χ1v) is 12.2. The third-order valence-corrected chi connectivity index (χ3v) is 8.41. The molecule has 4 rings (SSSR count). The summed E-state index contributed by atoms with van der Waals surface area (Å²) in [6.07, 6.45) is 2.06. The Bertz CT molecular complexity index is 1130. The highest BCUT2D eigenvalue weighted by Gasteiger charge is 2.37. The van der Waals surface area contributed by atoms with Crippen molar-refractivity contribution >= 4 is 40.1 Å². The van der Waals surface area contributed by atoms with E-state index in [0.29, 0.717) is 6.42 Å². The lowest BCUT2D eigenvalue weighted by molar-refractivity contribution is -0.125. The summed E-state index contributed by atoms with van der Waals surface area (Å²) in [6, 6.07) is 6.03. The lowest BCUT2D eigenvalue weighted by Gasteiger charge is -2.27. The molecule has 1 aliphatic rings. The summed E-state index contributed by atoms with van der Waals surface area (Å²) in [5.41, 5.74) is 4.24. The van der Waals surface area contributed by atoms with Crippen molar-refractivity contribution in [3.05, 3.63) is 54.9 Å². The molecule has 0 fully saturated rings. The van der Waals surface area contributed by atoms with Gasteiger partial charge in [-0.15, -0.1) is 22.7 Å². The van der Waals surface area contributed by atoms with E-state index in [1.54, 1.807) is 22.7 Å². The van der Waals surface area contributed by atoms with E-state index in [9.17, 15) is 4.79 Å². The van der Waals surface area contributed by atoms with Crippen molar-refractivity contribution in [2.24, 2.45) is 5.41 Å². The molecule has 0 saturated heterocycles. The average Bonchev–Trinajstić information content (AvgIpc) is 3.21. The summed E-state index contributed by atoms with van der Waals surface area (Å²) >= 11 is 9.66. The maximum atomic E-state index is 12.5. The zero-order chi connectivity index (χ0) is 21.8. The summed E-state index contributed by atoms with van der Waals surface area (Å²) in [6.45, 7) is 12.5. The van der Waals surface area contributed by atoms with Crippen molar-refractivity contribution in [2.45, 2.75) is 66.2 Å². The first-order chi connectivity index (χ1) is 13.9. The van der Waals surface area contributed by atoms with E-state index in [1.165, 1.54) is 16.0 Å². The number of ketones is 1. The Hall–Kier alpha value is -1.56. The van der Waals surface area contributed by atoms with Gasteiger partial charge in [-0.05, 0) is 30.2 Å². The first-order valence-electron chi connectivity index (χ1n) is 10.2. The van der Waals surface area contributed by atoms with Gasteiger partial charge in [0.15, 0.2) is 0 Å². The van der Waals surface area contributed by atoms with Gasteiger partial charge in [0.05, 0.1) is 27.7 Å². The molecule has 0 saturated carbocycles. The number of carbonyl (C=O) groups is 1. The van der Waals surface area contributed by atoms with Crippen LogP contribution in [-0.2, 0) is 29.5 Å². The molecule has 158 valence electrons. The fraction of sp³-hybridized carbons (Fsp3) is 0.458. The Kier molecular flexibility index (Phi) is 5.44. The molecule has 0 aliphatic heterocycles. The van der Waals surface area contributed by atoms with Gasteiger partial charge in [0, 0.05) is 33.6 Å². The molecule has 0 spiro atoms. The number of nitrogens with zero attached hydrogens (tertiary/aromatic N) is 2. The highest BCUT2D eigenvalue weighted by molar-refractivity contribution is 7.16. The van der Waals surface area contributed by atoms with Gasteiger partial charge in [-0.1, -0.05) is 52.3 Å². The normalized spacial score (nSPS) is 15.0. The van der Waals surface area contributed by atoms with Gasteiger partial charge >= 0.3 is 0 Å². The van der Waals surface area contributed by atoms with Crippen LogP contribution >= 0.6 is 34.3 Å². The average molecular weight is 459 g/mol. The standard InChI is InChI=1S/C24H27ClN2OS2/c1-13-7-8-15(25)9-14(13)10-18-27-20-21-16(12-24(5,6)22(20)30-18)26-19(29-21)11-17(28)23(2,3)4/h7-9H,10-12H2,1-6H3. The zero-order valence-electron chi connectivity index (χ0n) is 18.4. The maximum absolute atomic E-state index is 12.5. The van der Waals surface area contributed by atoms with Crippen molar-refractivity contribution < 1.29 is 4.79 Å². The minimum absolute atomic E-state index is 0.0129. The zero-order valence-corrected chi connectivity index (χ0v) is 20.7. The fourth-order valence-corrected chi connectivity index (χ4v) is 6.26. The molecule has 0 amide bonds. The minimum atomic E-state index is -0.348. The SMILES string of the molecule is Cc1ccc(Cl)cc1Cc1nc2c(s1)C(C)(C)Cc1nc(CC(=O)C(C)(C)C)sc1-2. The van der Waals surface area contributed by atoms with Crippen molar-refractivity contribution in [1.82, 2.24) is 9.97 Å². The lowest BCUT2D eigenvalue weighted by atomic mass is 9.81. The molecule has 0 unspecified atom stereocenters. The van der Waals surface area contributed by atoms with Crippen LogP contribution in [0.3, 0.4) is 0 Å². The number of hydrogen-bond acceptors (Lipinski definition) is 5. The number of Topliss-reactive ketones (excluding diaryl/α,β-unsaturated/α-hetero) is 1. The molecule has 0 bridgehead atoms. The Labute approximate surface area is 191 Å². The molecule has 3 nitrogen and oxygen atoms in total. The molecule has 1 aliphatic carbocycles. The number of benzene rings is 1. The molecule has 3 aromatic rings. The van der Waals surface area contributed by atoms with Crippen molar-refractivity contribution in [1.29, 1.82) is 0 Å². The monoisotopic (exact) mass is 458 g/mol. The van der Waals surface area contributed by atoms with Gasteiger partial charge in [-0.3, -0.25) is 4.79 Å². The highest BCUT2D eigenvalue weighted by Crippen LogP contribution is 2.48. The summed E-state index contributed by atoms with van der Waals surface area (Å²) in [4.78, 5) is 24.9. The quantitative estimate of drug-likeness (QED) is 0.431. The number of aryl methyl sites for hydroxylation is 1. The minimum Gasteiger partial charge on any atom is -0.299 e. The highest BCUT2D eigenvalue weighted by atomic mass is 35.5. The maximum Gasteiger partial charge on any atom is 0.144 e. The molecule has 0 N–H and O–H groups in total. The molecule has 0 atom stereocenters. The van der Waals surface area contributed by atoms with E-state index in [4.69, 9.17) is 21.6 Å². The van der Waals surface area contributed by atoms with Crippen LogP contribution in [0.4, 0.5) is 0 Å². The van der Waals surface area contributed by atoms with Crippen LogP contribution < -0.4 is 0 Å². The fourth-order valence-electron chi connectivity index (χ4n) is 3.73.